The van der Waals surface area contributed by atoms with Gasteiger partial charge in [0.1, 0.15) is 6.26 Å². The van der Waals surface area contributed by atoms with Crippen LogP contribution >= 0.6 is 0 Å². The Morgan fingerprint density at radius 3 is 2.68 bits per heavy atom. The summed E-state index contributed by atoms with van der Waals surface area (Å²) in [4.78, 5) is 30.2. The molecule has 0 aromatic carbocycles. The quantitative estimate of drug-likeness (QED) is 0.630. The van der Waals surface area contributed by atoms with Crippen LogP contribution in [0.5, 0.6) is 0 Å². The number of amides is 2. The maximum Gasteiger partial charge on any atom is 0.257 e. The Morgan fingerprint density at radius 1 is 1.32 bits per heavy atom. The largest absolute Gasteiger partial charge is 0.472 e. The Morgan fingerprint density at radius 2 is 2.08 bits per heavy atom. The predicted octanol–water partition coefficient (Wildman–Crippen LogP) is -0.105. The fourth-order valence-corrected chi connectivity index (χ4v) is 3.10. The molecule has 7 heteroatoms. The minimum Gasteiger partial charge on any atom is -0.472 e. The average Bonchev–Trinajstić information content (AvgIpc) is 3.18. The minimum atomic E-state index is -0.0992. The number of hydrogen-bond acceptors (Lipinski definition) is 4. The van der Waals surface area contributed by atoms with Crippen molar-refractivity contribution in [2.24, 2.45) is 0 Å². The predicted molar refractivity (Wildman–Crippen MR) is 93.5 cm³/mol. The van der Waals surface area contributed by atoms with E-state index < -0.39 is 0 Å². The van der Waals surface area contributed by atoms with Crippen LogP contribution in [0.2, 0.25) is 0 Å². The first-order chi connectivity index (χ1) is 12.2. The van der Waals surface area contributed by atoms with Crippen molar-refractivity contribution in [3.05, 3.63) is 24.2 Å². The molecule has 0 radical (unpaired) electrons. The van der Waals surface area contributed by atoms with Crippen molar-refractivity contribution in [2.75, 3.05) is 59.5 Å². The van der Waals surface area contributed by atoms with Crippen LogP contribution in [0.3, 0.4) is 0 Å². The molecule has 1 aliphatic rings. The van der Waals surface area contributed by atoms with Gasteiger partial charge in [0, 0.05) is 33.2 Å². The van der Waals surface area contributed by atoms with E-state index in [2.05, 4.69) is 6.92 Å². The van der Waals surface area contributed by atoms with Crippen molar-refractivity contribution in [3.8, 4) is 0 Å². The molecule has 1 aliphatic heterocycles. The number of nitrogens with one attached hydrogen (secondary N) is 1. The van der Waals surface area contributed by atoms with Gasteiger partial charge in [-0.25, -0.2) is 0 Å². The number of rotatable bonds is 9. The van der Waals surface area contributed by atoms with Gasteiger partial charge in [-0.05, 0) is 19.4 Å². The topological polar surface area (TPSA) is 67.4 Å². The lowest BCUT2D eigenvalue weighted by Crippen LogP contribution is -3.14. The van der Waals surface area contributed by atoms with Crippen molar-refractivity contribution in [1.29, 1.82) is 0 Å². The number of hydrogen-bond donors (Lipinski definition) is 1. The van der Waals surface area contributed by atoms with E-state index in [0.717, 1.165) is 39.1 Å². The summed E-state index contributed by atoms with van der Waals surface area (Å²) in [5.41, 5.74) is 0.519. The van der Waals surface area contributed by atoms with Gasteiger partial charge in [0.25, 0.3) is 5.91 Å². The number of carbonyl (C=O) groups is 2. The maximum absolute atomic E-state index is 12.6. The summed E-state index contributed by atoms with van der Waals surface area (Å²) in [6.45, 7) is 8.49. The normalized spacial score (nSPS) is 15.4. The van der Waals surface area contributed by atoms with E-state index in [1.54, 1.807) is 23.0 Å². The number of nitrogens with zero attached hydrogens (tertiary/aromatic N) is 2. The fourth-order valence-electron chi connectivity index (χ4n) is 3.10. The Labute approximate surface area is 149 Å². The van der Waals surface area contributed by atoms with Gasteiger partial charge in [0.05, 0.1) is 44.6 Å². The lowest BCUT2D eigenvalue weighted by atomic mass is 10.2. The number of carbonyl (C=O) groups excluding carboxylic acids is 2. The molecule has 1 saturated heterocycles. The number of quaternary nitrogens is 1. The molecule has 0 bridgehead atoms. The van der Waals surface area contributed by atoms with Gasteiger partial charge in [0.2, 0.25) is 5.91 Å². The maximum atomic E-state index is 12.6. The van der Waals surface area contributed by atoms with Gasteiger partial charge in [0.15, 0.2) is 0 Å². The molecule has 25 heavy (non-hydrogen) atoms. The lowest BCUT2D eigenvalue weighted by molar-refractivity contribution is -0.902. The Balaban J connectivity index is 1.85. The first kappa shape index (κ1) is 19.5. The molecule has 1 aromatic heterocycles. The van der Waals surface area contributed by atoms with Gasteiger partial charge >= 0.3 is 0 Å². The zero-order valence-corrected chi connectivity index (χ0v) is 15.3. The summed E-state index contributed by atoms with van der Waals surface area (Å²) in [6.07, 6.45) is 4.03. The number of likely N-dealkylation sites (N-methyl/N-ethyl adjacent to an activating group) is 1. The highest BCUT2D eigenvalue weighted by Crippen LogP contribution is 2.08. The molecule has 1 fully saturated rings. The van der Waals surface area contributed by atoms with Crippen LogP contribution < -0.4 is 4.90 Å². The van der Waals surface area contributed by atoms with Crippen molar-refractivity contribution in [2.45, 2.75) is 19.8 Å². The minimum absolute atomic E-state index is 0.0992. The van der Waals surface area contributed by atoms with Crippen molar-refractivity contribution < 1.29 is 23.6 Å². The van der Waals surface area contributed by atoms with Crippen LogP contribution in [0.4, 0.5) is 0 Å². The first-order valence-corrected chi connectivity index (χ1v) is 9.07. The van der Waals surface area contributed by atoms with Crippen molar-refractivity contribution in [1.82, 2.24) is 9.80 Å². The fraction of sp³-hybridized carbons (Fsp3) is 0.667. The zero-order chi connectivity index (χ0) is 18.1. The smallest absolute Gasteiger partial charge is 0.257 e. The highest BCUT2D eigenvalue weighted by Gasteiger charge is 2.24. The van der Waals surface area contributed by atoms with Gasteiger partial charge in [-0.15, -0.1) is 0 Å². The summed E-state index contributed by atoms with van der Waals surface area (Å²) in [5, 5.41) is 0. The monoisotopic (exact) mass is 352 g/mol. The van der Waals surface area contributed by atoms with E-state index in [4.69, 9.17) is 9.15 Å². The summed E-state index contributed by atoms with van der Waals surface area (Å²) >= 11 is 0. The van der Waals surface area contributed by atoms with Crippen LogP contribution in [-0.4, -0.2) is 81.1 Å². The van der Waals surface area contributed by atoms with Gasteiger partial charge in [-0.2, -0.15) is 0 Å². The molecule has 0 atom stereocenters. The number of piperazine rings is 1. The average molecular weight is 352 g/mol. The molecular weight excluding hydrogens is 322 g/mol. The molecule has 2 amide bonds. The van der Waals surface area contributed by atoms with E-state index in [1.165, 1.54) is 12.5 Å². The first-order valence-electron chi connectivity index (χ1n) is 9.07. The van der Waals surface area contributed by atoms with Crippen LogP contribution in [0.15, 0.2) is 23.0 Å². The Bertz CT molecular complexity index is 524. The van der Waals surface area contributed by atoms with E-state index in [-0.39, 0.29) is 11.8 Å². The third-order valence-electron chi connectivity index (χ3n) is 4.75. The molecule has 2 rings (SSSR count). The molecule has 2 heterocycles. The van der Waals surface area contributed by atoms with Gasteiger partial charge in [-0.3, -0.25) is 9.59 Å². The molecule has 0 aliphatic carbocycles. The van der Waals surface area contributed by atoms with E-state index in [1.807, 2.05) is 4.90 Å². The molecule has 1 aromatic rings. The summed E-state index contributed by atoms with van der Waals surface area (Å²) in [7, 11) is 1.64. The molecule has 7 nitrogen and oxygen atoms in total. The van der Waals surface area contributed by atoms with Gasteiger partial charge in [-0.1, -0.05) is 0 Å². The number of furan rings is 1. The second-order valence-electron chi connectivity index (χ2n) is 6.38. The second kappa shape index (κ2) is 10.2. The molecule has 0 unspecified atom stereocenters. The summed E-state index contributed by atoms with van der Waals surface area (Å²) in [5.74, 6) is 0.0322. The Kier molecular flexibility index (Phi) is 7.94. The van der Waals surface area contributed by atoms with Crippen LogP contribution in [0.25, 0.3) is 0 Å². The molecular formula is C18H30N3O4+. The van der Waals surface area contributed by atoms with Crippen LogP contribution in [0, 0.1) is 0 Å². The number of methoxy groups -OCH3 is 1. The third kappa shape index (κ3) is 5.86. The SMILES string of the molecule is CC[NH+]1CCN(C(=O)CCN(CCCOC)C(=O)c2ccoc2)CC1. The van der Waals surface area contributed by atoms with E-state index in [0.29, 0.717) is 31.7 Å². The summed E-state index contributed by atoms with van der Waals surface area (Å²) in [6, 6.07) is 1.65. The van der Waals surface area contributed by atoms with Gasteiger partial charge < -0.3 is 23.9 Å². The third-order valence-corrected chi connectivity index (χ3v) is 4.75. The molecule has 0 saturated carbocycles. The molecule has 1 N–H and O–H groups in total. The van der Waals surface area contributed by atoms with E-state index in [9.17, 15) is 9.59 Å². The van der Waals surface area contributed by atoms with E-state index >= 15 is 0 Å². The highest BCUT2D eigenvalue weighted by atomic mass is 16.5. The van der Waals surface area contributed by atoms with Crippen molar-refractivity contribution in [3.63, 3.8) is 0 Å². The highest BCUT2D eigenvalue weighted by molar-refractivity contribution is 5.94. The molecule has 0 spiro atoms. The van der Waals surface area contributed by atoms with Crippen LogP contribution in [-0.2, 0) is 9.53 Å². The number of ether oxygens (including phenoxy) is 1. The lowest BCUT2D eigenvalue weighted by Gasteiger charge is -2.32. The standard InChI is InChI=1S/C18H29N3O4/c1-3-19-9-11-20(12-10-19)17(22)5-8-21(7-4-13-24-2)18(23)16-6-14-25-15-16/h6,14-15H,3-5,7-13H2,1-2H3/p+1. The zero-order valence-electron chi connectivity index (χ0n) is 15.3. The molecule has 140 valence electrons. The van der Waals surface area contributed by atoms with Crippen LogP contribution in [0.1, 0.15) is 30.1 Å². The second-order valence-corrected chi connectivity index (χ2v) is 6.38. The summed E-state index contributed by atoms with van der Waals surface area (Å²) < 4.78 is 10.1. The van der Waals surface area contributed by atoms with Crippen molar-refractivity contribution >= 4 is 11.8 Å². The Hall–Kier alpha value is -1.86.